The van der Waals surface area contributed by atoms with E-state index in [1.165, 1.54) is 0 Å². The summed E-state index contributed by atoms with van der Waals surface area (Å²) in [6.45, 7) is 6.08. The lowest BCUT2D eigenvalue weighted by molar-refractivity contribution is 0.101. The largest absolute Gasteiger partial charge is 0.316 e. The second kappa shape index (κ2) is 5.64. The number of aromatic amines is 1. The van der Waals surface area contributed by atoms with Crippen LogP contribution in [0.1, 0.15) is 49.7 Å². The SMILES string of the molecule is CCCc1nc(C(=O)Nc2cnn(C(C)C)c2)n[nH]1. The summed E-state index contributed by atoms with van der Waals surface area (Å²) in [6.07, 6.45) is 5.13. The zero-order valence-electron chi connectivity index (χ0n) is 11.3. The van der Waals surface area contributed by atoms with Crippen LogP contribution in [-0.4, -0.2) is 30.9 Å². The smallest absolute Gasteiger partial charge is 0.295 e. The molecule has 1 amide bonds. The number of carbonyl (C=O) groups excluding carboxylic acids is 1. The van der Waals surface area contributed by atoms with Gasteiger partial charge in [0.25, 0.3) is 5.91 Å². The van der Waals surface area contributed by atoms with Gasteiger partial charge >= 0.3 is 0 Å². The van der Waals surface area contributed by atoms with Crippen molar-refractivity contribution in [2.45, 2.75) is 39.7 Å². The van der Waals surface area contributed by atoms with Crippen LogP contribution in [0.3, 0.4) is 0 Å². The minimum atomic E-state index is -0.332. The number of carbonyl (C=O) groups is 1. The Hall–Kier alpha value is -2.18. The standard InChI is InChI=1S/C12H18N6O/c1-4-5-10-15-11(17-16-10)12(19)14-9-6-13-18(7-9)8(2)3/h6-8H,4-5H2,1-3H3,(H,14,19)(H,15,16,17). The number of hydrogen-bond acceptors (Lipinski definition) is 4. The first-order valence-corrected chi connectivity index (χ1v) is 6.37. The molecule has 0 fully saturated rings. The molecule has 7 nitrogen and oxygen atoms in total. The van der Waals surface area contributed by atoms with Gasteiger partial charge in [0.05, 0.1) is 11.9 Å². The molecule has 0 unspecified atom stereocenters. The summed E-state index contributed by atoms with van der Waals surface area (Å²) in [5, 5.41) is 13.5. The van der Waals surface area contributed by atoms with Crippen LogP contribution in [-0.2, 0) is 6.42 Å². The average Bonchev–Trinajstić information content (AvgIpc) is 2.98. The van der Waals surface area contributed by atoms with Crippen molar-refractivity contribution in [3.8, 4) is 0 Å². The van der Waals surface area contributed by atoms with Crippen LogP contribution in [0.4, 0.5) is 5.69 Å². The molecule has 102 valence electrons. The van der Waals surface area contributed by atoms with E-state index < -0.39 is 0 Å². The summed E-state index contributed by atoms with van der Waals surface area (Å²) in [6, 6.07) is 0.255. The maximum Gasteiger partial charge on any atom is 0.295 e. The molecular formula is C12H18N6O. The summed E-state index contributed by atoms with van der Waals surface area (Å²) in [7, 11) is 0. The Bertz CT molecular complexity index is 556. The fraction of sp³-hybridized carbons (Fsp3) is 0.500. The Morgan fingerprint density at radius 1 is 1.53 bits per heavy atom. The number of aryl methyl sites for hydroxylation is 1. The molecule has 0 aliphatic carbocycles. The zero-order chi connectivity index (χ0) is 13.8. The van der Waals surface area contributed by atoms with Crippen molar-refractivity contribution in [2.75, 3.05) is 5.32 Å². The molecule has 19 heavy (non-hydrogen) atoms. The van der Waals surface area contributed by atoms with Gasteiger partial charge in [-0.1, -0.05) is 6.92 Å². The summed E-state index contributed by atoms with van der Waals surface area (Å²) >= 11 is 0. The maximum atomic E-state index is 11.9. The molecule has 2 N–H and O–H groups in total. The van der Waals surface area contributed by atoms with Gasteiger partial charge in [0.2, 0.25) is 5.82 Å². The molecule has 2 rings (SSSR count). The van der Waals surface area contributed by atoms with Gasteiger partial charge in [-0.3, -0.25) is 14.6 Å². The van der Waals surface area contributed by atoms with Crippen molar-refractivity contribution < 1.29 is 4.79 Å². The molecule has 0 aliphatic rings. The lowest BCUT2D eigenvalue weighted by Crippen LogP contribution is -2.13. The van der Waals surface area contributed by atoms with E-state index in [4.69, 9.17) is 0 Å². The van der Waals surface area contributed by atoms with Crippen molar-refractivity contribution in [2.24, 2.45) is 0 Å². The zero-order valence-corrected chi connectivity index (χ0v) is 11.3. The van der Waals surface area contributed by atoms with Gasteiger partial charge in [0, 0.05) is 18.7 Å². The molecule has 2 aromatic rings. The predicted molar refractivity (Wildman–Crippen MR) is 70.9 cm³/mol. The fourth-order valence-corrected chi connectivity index (χ4v) is 1.62. The number of H-pyrrole nitrogens is 1. The van der Waals surface area contributed by atoms with Crippen LogP contribution in [0.15, 0.2) is 12.4 Å². The van der Waals surface area contributed by atoms with Crippen molar-refractivity contribution >= 4 is 11.6 Å². The Kier molecular flexibility index (Phi) is 3.94. The Morgan fingerprint density at radius 3 is 2.95 bits per heavy atom. The molecule has 7 heteroatoms. The van der Waals surface area contributed by atoms with E-state index in [0.717, 1.165) is 18.7 Å². The molecule has 0 spiro atoms. The number of nitrogens with zero attached hydrogens (tertiary/aromatic N) is 4. The van der Waals surface area contributed by atoms with Crippen LogP contribution in [0.25, 0.3) is 0 Å². The number of rotatable bonds is 5. The van der Waals surface area contributed by atoms with Crippen molar-refractivity contribution in [1.29, 1.82) is 0 Å². The summed E-state index contributed by atoms with van der Waals surface area (Å²) in [4.78, 5) is 16.0. The van der Waals surface area contributed by atoms with Crippen molar-refractivity contribution in [3.63, 3.8) is 0 Å². The number of anilines is 1. The molecule has 0 aliphatic heterocycles. The van der Waals surface area contributed by atoms with E-state index in [1.807, 2.05) is 20.8 Å². The first-order valence-electron chi connectivity index (χ1n) is 6.37. The number of aromatic nitrogens is 5. The van der Waals surface area contributed by atoms with Gasteiger partial charge < -0.3 is 5.32 Å². The molecule has 2 heterocycles. The van der Waals surface area contributed by atoms with Gasteiger partial charge in [-0.15, -0.1) is 5.10 Å². The average molecular weight is 262 g/mol. The number of nitrogens with one attached hydrogen (secondary N) is 2. The van der Waals surface area contributed by atoms with Gasteiger partial charge in [0.15, 0.2) is 0 Å². The van der Waals surface area contributed by atoms with Crippen LogP contribution >= 0.6 is 0 Å². The Morgan fingerprint density at radius 2 is 2.32 bits per heavy atom. The number of amides is 1. The molecule has 0 atom stereocenters. The Balaban J connectivity index is 2.02. The minimum absolute atomic E-state index is 0.153. The van der Waals surface area contributed by atoms with Crippen LogP contribution in [0.5, 0.6) is 0 Å². The predicted octanol–water partition coefficient (Wildman–Crippen LogP) is 1.79. The molecule has 0 saturated carbocycles. The fourth-order valence-electron chi connectivity index (χ4n) is 1.62. The van der Waals surface area contributed by atoms with Gasteiger partial charge in [-0.05, 0) is 20.3 Å². The van der Waals surface area contributed by atoms with E-state index in [-0.39, 0.29) is 17.8 Å². The molecule has 0 bridgehead atoms. The third kappa shape index (κ3) is 3.18. The third-order valence-electron chi connectivity index (χ3n) is 2.61. The summed E-state index contributed by atoms with van der Waals surface area (Å²) in [5.41, 5.74) is 0.639. The van der Waals surface area contributed by atoms with Crippen molar-refractivity contribution in [1.82, 2.24) is 25.0 Å². The van der Waals surface area contributed by atoms with Crippen LogP contribution < -0.4 is 5.32 Å². The maximum absolute atomic E-state index is 11.9. The van der Waals surface area contributed by atoms with Crippen LogP contribution in [0.2, 0.25) is 0 Å². The highest BCUT2D eigenvalue weighted by Crippen LogP contribution is 2.10. The highest BCUT2D eigenvalue weighted by Gasteiger charge is 2.13. The third-order valence-corrected chi connectivity index (χ3v) is 2.61. The monoisotopic (exact) mass is 262 g/mol. The first kappa shape index (κ1) is 13.3. The molecule has 0 saturated heterocycles. The van der Waals surface area contributed by atoms with Crippen LogP contribution in [0, 0.1) is 0 Å². The molecule has 0 radical (unpaired) electrons. The van der Waals surface area contributed by atoms with Gasteiger partial charge in [0.1, 0.15) is 5.82 Å². The second-order valence-electron chi connectivity index (χ2n) is 4.61. The highest BCUT2D eigenvalue weighted by molar-refractivity contribution is 6.01. The van der Waals surface area contributed by atoms with E-state index in [2.05, 4.69) is 25.6 Å². The first-order chi connectivity index (χ1) is 9.10. The normalized spacial score (nSPS) is 10.9. The lowest BCUT2D eigenvalue weighted by Gasteiger charge is -2.03. The molecule has 2 aromatic heterocycles. The second-order valence-corrected chi connectivity index (χ2v) is 4.61. The Labute approximate surface area is 111 Å². The highest BCUT2D eigenvalue weighted by atomic mass is 16.2. The van der Waals surface area contributed by atoms with Gasteiger partial charge in [-0.2, -0.15) is 5.10 Å². The van der Waals surface area contributed by atoms with E-state index in [0.29, 0.717) is 5.69 Å². The quantitative estimate of drug-likeness (QED) is 0.859. The minimum Gasteiger partial charge on any atom is -0.316 e. The summed E-state index contributed by atoms with van der Waals surface area (Å²) < 4.78 is 1.77. The van der Waals surface area contributed by atoms with Crippen molar-refractivity contribution in [3.05, 3.63) is 24.0 Å². The topological polar surface area (TPSA) is 88.5 Å². The van der Waals surface area contributed by atoms with E-state index in [1.54, 1.807) is 17.1 Å². The van der Waals surface area contributed by atoms with E-state index >= 15 is 0 Å². The summed E-state index contributed by atoms with van der Waals surface area (Å²) in [5.74, 6) is 0.549. The molecular weight excluding hydrogens is 244 g/mol. The van der Waals surface area contributed by atoms with Gasteiger partial charge in [-0.25, -0.2) is 4.98 Å². The molecule has 0 aromatic carbocycles. The number of hydrogen-bond donors (Lipinski definition) is 2. The lowest BCUT2D eigenvalue weighted by atomic mass is 10.3. The van der Waals surface area contributed by atoms with E-state index in [9.17, 15) is 4.79 Å².